The minimum atomic E-state index is -0.531. The van der Waals surface area contributed by atoms with Crippen LogP contribution in [0.2, 0.25) is 0 Å². The number of piperidine rings is 1. The first-order chi connectivity index (χ1) is 9.87. The number of benzene rings is 1. The number of ether oxygens (including phenoxy) is 1. The first-order valence-corrected chi connectivity index (χ1v) is 7.58. The van der Waals surface area contributed by atoms with Crippen LogP contribution in [0.4, 0.5) is 4.79 Å². The first kappa shape index (κ1) is 15.8. The van der Waals surface area contributed by atoms with Crippen LogP contribution in [-0.2, 0) is 4.74 Å². The van der Waals surface area contributed by atoms with Gasteiger partial charge in [-0.05, 0) is 39.2 Å². The van der Waals surface area contributed by atoms with E-state index in [-0.39, 0.29) is 12.0 Å². The van der Waals surface area contributed by atoms with E-state index in [0.717, 1.165) is 18.4 Å². The van der Waals surface area contributed by atoms with Gasteiger partial charge in [0.25, 0.3) is 0 Å². The van der Waals surface area contributed by atoms with E-state index < -0.39 is 11.7 Å². The van der Waals surface area contributed by atoms with Crippen LogP contribution in [0.3, 0.4) is 0 Å². The number of hydrogen-bond donors (Lipinski definition) is 1. The van der Waals surface area contributed by atoms with E-state index >= 15 is 0 Å². The van der Waals surface area contributed by atoms with Crippen molar-refractivity contribution < 1.29 is 14.6 Å². The number of hydrogen-bond acceptors (Lipinski definition) is 3. The van der Waals surface area contributed by atoms with E-state index in [2.05, 4.69) is 0 Å². The predicted octanol–water partition coefficient (Wildman–Crippen LogP) is 3.37. The van der Waals surface area contributed by atoms with E-state index in [1.807, 2.05) is 51.1 Å². The monoisotopic (exact) mass is 291 g/mol. The zero-order chi connectivity index (χ0) is 15.5. The third-order valence-electron chi connectivity index (χ3n) is 3.70. The normalized spacial score (nSPS) is 21.0. The van der Waals surface area contributed by atoms with Crippen LogP contribution >= 0.6 is 0 Å². The van der Waals surface area contributed by atoms with Crippen molar-refractivity contribution in [1.82, 2.24) is 4.90 Å². The summed E-state index contributed by atoms with van der Waals surface area (Å²) in [6.45, 7) is 6.85. The van der Waals surface area contributed by atoms with Gasteiger partial charge in [0.15, 0.2) is 0 Å². The number of carbonyl (C=O) groups is 1. The molecular weight excluding hydrogens is 266 g/mol. The molecule has 0 aromatic heterocycles. The lowest BCUT2D eigenvalue weighted by atomic mass is 9.89. The second-order valence-electron chi connectivity index (χ2n) is 6.68. The lowest BCUT2D eigenvalue weighted by Gasteiger charge is -2.36. The highest BCUT2D eigenvalue weighted by Gasteiger charge is 2.31. The maximum atomic E-state index is 12.1. The summed E-state index contributed by atoms with van der Waals surface area (Å²) < 4.78 is 5.42. The van der Waals surface area contributed by atoms with Gasteiger partial charge in [-0.1, -0.05) is 30.3 Å². The molecule has 0 spiro atoms. The molecule has 21 heavy (non-hydrogen) atoms. The summed E-state index contributed by atoms with van der Waals surface area (Å²) in [7, 11) is 0. The Balaban J connectivity index is 1.99. The largest absolute Gasteiger partial charge is 0.444 e. The van der Waals surface area contributed by atoms with Crippen LogP contribution in [0, 0.1) is 5.92 Å². The summed E-state index contributed by atoms with van der Waals surface area (Å²) in [5.41, 5.74) is 0.427. The van der Waals surface area contributed by atoms with Crippen molar-refractivity contribution in [2.24, 2.45) is 5.92 Å². The van der Waals surface area contributed by atoms with Crippen LogP contribution in [0.1, 0.15) is 45.3 Å². The summed E-state index contributed by atoms with van der Waals surface area (Å²) in [4.78, 5) is 13.9. The summed E-state index contributed by atoms with van der Waals surface area (Å²) in [6, 6.07) is 9.64. The third-order valence-corrected chi connectivity index (χ3v) is 3.70. The number of amides is 1. The van der Waals surface area contributed by atoms with Crippen LogP contribution in [0.15, 0.2) is 30.3 Å². The number of aliphatic hydroxyl groups excluding tert-OH is 1. The quantitative estimate of drug-likeness (QED) is 0.909. The molecule has 0 aliphatic carbocycles. The van der Waals surface area contributed by atoms with Crippen molar-refractivity contribution in [2.75, 3.05) is 13.1 Å². The van der Waals surface area contributed by atoms with Crippen molar-refractivity contribution >= 4 is 6.09 Å². The standard InChI is InChI=1S/C17H25NO3/c1-17(2,3)21-16(20)18-11-7-10-14(12-18)15(19)13-8-5-4-6-9-13/h4-6,8-9,14-15,19H,7,10-12H2,1-3H3/t14?,15-/m0/s1. The Labute approximate surface area is 126 Å². The average molecular weight is 291 g/mol. The fraction of sp³-hybridized carbons (Fsp3) is 0.588. The molecule has 1 saturated heterocycles. The molecule has 0 radical (unpaired) electrons. The van der Waals surface area contributed by atoms with E-state index in [1.165, 1.54) is 0 Å². The van der Waals surface area contributed by atoms with Crippen molar-refractivity contribution in [3.8, 4) is 0 Å². The number of likely N-dealkylation sites (tertiary alicyclic amines) is 1. The van der Waals surface area contributed by atoms with Gasteiger partial charge < -0.3 is 14.7 Å². The van der Waals surface area contributed by atoms with Gasteiger partial charge in [-0.25, -0.2) is 4.79 Å². The molecule has 0 saturated carbocycles. The molecule has 1 unspecified atom stereocenters. The van der Waals surface area contributed by atoms with E-state index in [4.69, 9.17) is 4.74 Å². The van der Waals surface area contributed by atoms with Crippen LogP contribution in [-0.4, -0.2) is 34.8 Å². The highest BCUT2D eigenvalue weighted by molar-refractivity contribution is 5.68. The van der Waals surface area contributed by atoms with Gasteiger partial charge in [0.1, 0.15) is 5.60 Å². The number of nitrogens with zero attached hydrogens (tertiary/aromatic N) is 1. The Hall–Kier alpha value is -1.55. The highest BCUT2D eigenvalue weighted by Crippen LogP contribution is 2.30. The molecule has 4 nitrogen and oxygen atoms in total. The van der Waals surface area contributed by atoms with Crippen LogP contribution in [0.5, 0.6) is 0 Å². The lowest BCUT2D eigenvalue weighted by molar-refractivity contribution is 0.00239. The lowest BCUT2D eigenvalue weighted by Crippen LogP contribution is -2.44. The van der Waals surface area contributed by atoms with Crippen molar-refractivity contribution in [1.29, 1.82) is 0 Å². The van der Waals surface area contributed by atoms with E-state index in [1.54, 1.807) is 4.90 Å². The molecule has 0 bridgehead atoms. The smallest absolute Gasteiger partial charge is 0.410 e. The molecule has 116 valence electrons. The maximum absolute atomic E-state index is 12.1. The van der Waals surface area contributed by atoms with E-state index in [0.29, 0.717) is 13.1 Å². The van der Waals surface area contributed by atoms with Gasteiger partial charge in [-0.3, -0.25) is 0 Å². The zero-order valence-corrected chi connectivity index (χ0v) is 13.1. The SMILES string of the molecule is CC(C)(C)OC(=O)N1CCCC([C@@H](O)c2ccccc2)C1. The van der Waals surface area contributed by atoms with Gasteiger partial charge in [-0.15, -0.1) is 0 Å². The molecule has 1 N–H and O–H groups in total. The molecule has 1 aliphatic heterocycles. The minimum absolute atomic E-state index is 0.0636. The molecule has 1 aliphatic rings. The first-order valence-electron chi connectivity index (χ1n) is 7.58. The van der Waals surface area contributed by atoms with E-state index in [9.17, 15) is 9.90 Å². The molecule has 1 aromatic carbocycles. The Morgan fingerprint density at radius 1 is 1.33 bits per heavy atom. The summed E-state index contributed by atoms with van der Waals surface area (Å²) in [6.07, 6.45) is 1.01. The van der Waals surface area contributed by atoms with Crippen LogP contribution < -0.4 is 0 Å². The maximum Gasteiger partial charge on any atom is 0.410 e. The number of rotatable bonds is 2. The molecule has 2 rings (SSSR count). The van der Waals surface area contributed by atoms with Gasteiger partial charge >= 0.3 is 6.09 Å². The van der Waals surface area contributed by atoms with Crippen molar-refractivity contribution in [3.05, 3.63) is 35.9 Å². The van der Waals surface area contributed by atoms with Gasteiger partial charge in [0.2, 0.25) is 0 Å². The molecule has 4 heteroatoms. The average Bonchev–Trinajstić information content (AvgIpc) is 2.46. The topological polar surface area (TPSA) is 49.8 Å². The van der Waals surface area contributed by atoms with Gasteiger partial charge in [0.05, 0.1) is 6.10 Å². The number of aliphatic hydroxyl groups is 1. The van der Waals surface area contributed by atoms with Crippen molar-refractivity contribution in [3.63, 3.8) is 0 Å². The molecule has 1 fully saturated rings. The molecule has 1 heterocycles. The minimum Gasteiger partial charge on any atom is -0.444 e. The summed E-state index contributed by atoms with van der Waals surface area (Å²) >= 11 is 0. The zero-order valence-electron chi connectivity index (χ0n) is 13.1. The summed E-state index contributed by atoms with van der Waals surface area (Å²) in [5.74, 6) is 0.0636. The fourth-order valence-electron chi connectivity index (χ4n) is 2.68. The predicted molar refractivity (Wildman–Crippen MR) is 81.9 cm³/mol. The number of carbonyl (C=O) groups excluding carboxylic acids is 1. The molecule has 1 amide bonds. The molecule has 1 aromatic rings. The van der Waals surface area contributed by atoms with Crippen LogP contribution in [0.25, 0.3) is 0 Å². The molecule has 2 atom stereocenters. The molecular formula is C17H25NO3. The second-order valence-corrected chi connectivity index (χ2v) is 6.68. The second kappa shape index (κ2) is 6.48. The fourth-order valence-corrected chi connectivity index (χ4v) is 2.68. The third kappa shape index (κ3) is 4.46. The van der Waals surface area contributed by atoms with Crippen molar-refractivity contribution in [2.45, 2.75) is 45.3 Å². The highest BCUT2D eigenvalue weighted by atomic mass is 16.6. The Bertz CT molecular complexity index is 467. The summed E-state index contributed by atoms with van der Waals surface area (Å²) in [5, 5.41) is 10.5. The Kier molecular flexibility index (Phi) is 4.88. The Morgan fingerprint density at radius 3 is 2.62 bits per heavy atom. The Morgan fingerprint density at radius 2 is 2.00 bits per heavy atom. The van der Waals surface area contributed by atoms with Gasteiger partial charge in [-0.2, -0.15) is 0 Å². The van der Waals surface area contributed by atoms with Gasteiger partial charge in [0, 0.05) is 19.0 Å².